The second-order valence-corrected chi connectivity index (χ2v) is 9.25. The Bertz CT molecular complexity index is 1090. The lowest BCUT2D eigenvalue weighted by Crippen LogP contribution is -2.59. The highest BCUT2D eigenvalue weighted by Crippen LogP contribution is 2.27. The lowest BCUT2D eigenvalue weighted by atomic mass is 10.1. The van der Waals surface area contributed by atoms with E-state index in [2.05, 4.69) is 16.0 Å². The van der Waals surface area contributed by atoms with Crippen molar-refractivity contribution >= 4 is 41.5 Å². The van der Waals surface area contributed by atoms with Gasteiger partial charge in [-0.2, -0.15) is 0 Å². The average Bonchev–Trinajstić information content (AvgIpc) is 3.23. The van der Waals surface area contributed by atoms with Gasteiger partial charge in [0.25, 0.3) is 0 Å². The first-order valence-electron chi connectivity index (χ1n) is 11.0. The molecule has 1 saturated heterocycles. The number of urea groups is 1. The number of benzene rings is 1. The van der Waals surface area contributed by atoms with Crippen LogP contribution in [-0.2, 0) is 23.9 Å². The van der Waals surface area contributed by atoms with Crippen molar-refractivity contribution in [2.24, 2.45) is 0 Å². The molecule has 1 aromatic rings. The SMILES string of the molecule is CCN1CCN(C(=O)N[C@@H](C(=O)NC[C@@H]2NC3=C(COC3=O)CS2)c2ccc(O)cc2)C(=O)C1=O. The van der Waals surface area contributed by atoms with Crippen LogP contribution in [-0.4, -0.2) is 88.5 Å². The third kappa shape index (κ3) is 5.19. The molecule has 3 heterocycles. The molecule has 1 aromatic carbocycles. The fraction of sp³-hybridized carbons (Fsp3) is 0.409. The number of hydrogen-bond donors (Lipinski definition) is 4. The van der Waals surface area contributed by atoms with Gasteiger partial charge in [0.2, 0.25) is 5.91 Å². The van der Waals surface area contributed by atoms with Gasteiger partial charge in [-0.25, -0.2) is 9.59 Å². The predicted molar refractivity (Wildman–Crippen MR) is 124 cm³/mol. The number of phenolic OH excluding ortho intramolecular Hbond substituents is 1. The third-order valence-corrected chi connectivity index (χ3v) is 7.06. The number of aromatic hydroxyl groups is 1. The molecule has 12 nitrogen and oxygen atoms in total. The number of ether oxygens (including phenoxy) is 1. The fourth-order valence-corrected chi connectivity index (χ4v) is 4.90. The number of esters is 1. The summed E-state index contributed by atoms with van der Waals surface area (Å²) in [6, 6.07) is 3.61. The number of rotatable bonds is 6. The molecule has 13 heteroatoms. The van der Waals surface area contributed by atoms with Crippen LogP contribution in [0.3, 0.4) is 0 Å². The van der Waals surface area contributed by atoms with E-state index in [1.807, 2.05) is 0 Å². The molecule has 0 bridgehead atoms. The van der Waals surface area contributed by atoms with Crippen molar-refractivity contribution in [3.63, 3.8) is 0 Å². The highest BCUT2D eigenvalue weighted by molar-refractivity contribution is 8.00. The normalized spacial score (nSPS) is 20.7. The van der Waals surface area contributed by atoms with Gasteiger partial charge in [-0.05, 0) is 24.6 Å². The Kier molecular flexibility index (Phi) is 7.15. The summed E-state index contributed by atoms with van der Waals surface area (Å²) in [6.45, 7) is 2.70. The van der Waals surface area contributed by atoms with Gasteiger partial charge in [0.05, 0.1) is 5.37 Å². The van der Waals surface area contributed by atoms with Gasteiger partial charge in [-0.1, -0.05) is 12.1 Å². The molecule has 1 fully saturated rings. The maximum Gasteiger partial charge on any atom is 0.354 e. The number of carbonyl (C=O) groups is 5. The number of piperazine rings is 1. The maximum atomic E-state index is 13.1. The van der Waals surface area contributed by atoms with Crippen LogP contribution in [0.25, 0.3) is 0 Å². The van der Waals surface area contributed by atoms with Crippen molar-refractivity contribution in [3.8, 4) is 5.75 Å². The smallest absolute Gasteiger partial charge is 0.354 e. The minimum atomic E-state index is -1.20. The molecule has 4 N–H and O–H groups in total. The zero-order chi connectivity index (χ0) is 25.1. The fourth-order valence-electron chi connectivity index (χ4n) is 3.86. The molecule has 0 saturated carbocycles. The van der Waals surface area contributed by atoms with Crippen molar-refractivity contribution in [1.82, 2.24) is 25.8 Å². The van der Waals surface area contributed by atoms with E-state index in [4.69, 9.17) is 4.74 Å². The average molecular weight is 504 g/mol. The first kappa shape index (κ1) is 24.4. The topological polar surface area (TPSA) is 157 Å². The van der Waals surface area contributed by atoms with Gasteiger partial charge < -0.3 is 30.7 Å². The van der Waals surface area contributed by atoms with Gasteiger partial charge in [0.15, 0.2) is 0 Å². The number of cyclic esters (lactones) is 1. The summed E-state index contributed by atoms with van der Waals surface area (Å²) < 4.78 is 5.01. The van der Waals surface area contributed by atoms with Crippen molar-refractivity contribution < 1.29 is 33.8 Å². The number of carbonyl (C=O) groups excluding carboxylic acids is 5. The summed E-state index contributed by atoms with van der Waals surface area (Å²) in [5.41, 5.74) is 1.66. The Balaban J connectivity index is 1.44. The molecule has 0 aliphatic carbocycles. The summed E-state index contributed by atoms with van der Waals surface area (Å²) in [5, 5.41) is 17.7. The molecule has 0 aromatic heterocycles. The first-order chi connectivity index (χ1) is 16.8. The Morgan fingerprint density at radius 1 is 1.20 bits per heavy atom. The molecule has 35 heavy (non-hydrogen) atoms. The molecule has 4 rings (SSSR count). The number of likely N-dealkylation sites (N-methyl/N-ethyl adjacent to an activating group) is 1. The van der Waals surface area contributed by atoms with E-state index in [0.717, 1.165) is 10.5 Å². The third-order valence-electron chi connectivity index (χ3n) is 5.85. The number of thioether (sulfide) groups is 1. The Morgan fingerprint density at radius 3 is 2.66 bits per heavy atom. The van der Waals surface area contributed by atoms with Crippen LogP contribution in [0.15, 0.2) is 35.5 Å². The maximum absolute atomic E-state index is 13.1. The molecular formula is C22H25N5O7S. The van der Waals surface area contributed by atoms with Crippen molar-refractivity contribution in [2.45, 2.75) is 18.3 Å². The van der Waals surface area contributed by atoms with E-state index in [9.17, 15) is 29.1 Å². The van der Waals surface area contributed by atoms with Crippen LogP contribution in [0.5, 0.6) is 5.75 Å². The van der Waals surface area contributed by atoms with Gasteiger partial charge in [-0.3, -0.25) is 19.3 Å². The zero-order valence-corrected chi connectivity index (χ0v) is 19.7. The molecule has 0 unspecified atom stereocenters. The quantitative estimate of drug-likeness (QED) is 0.295. The number of imide groups is 1. The Labute approximate surface area is 205 Å². The van der Waals surface area contributed by atoms with Crippen LogP contribution in [0.2, 0.25) is 0 Å². The molecular weight excluding hydrogens is 478 g/mol. The molecule has 3 aliphatic heterocycles. The predicted octanol–water partition coefficient (Wildman–Crippen LogP) is -0.577. The number of phenols is 1. The monoisotopic (exact) mass is 503 g/mol. The number of hydrogen-bond acceptors (Lipinski definition) is 9. The summed E-state index contributed by atoms with van der Waals surface area (Å²) >= 11 is 1.50. The lowest BCUT2D eigenvalue weighted by Gasteiger charge is -2.32. The van der Waals surface area contributed by atoms with Crippen LogP contribution in [0.1, 0.15) is 18.5 Å². The second kappa shape index (κ2) is 10.3. The Hall–Kier alpha value is -3.74. The van der Waals surface area contributed by atoms with Crippen LogP contribution in [0, 0.1) is 0 Å². The molecule has 186 valence electrons. The lowest BCUT2D eigenvalue weighted by molar-refractivity contribution is -0.153. The molecule has 5 amide bonds. The van der Waals surface area contributed by atoms with E-state index >= 15 is 0 Å². The highest BCUT2D eigenvalue weighted by Gasteiger charge is 2.37. The van der Waals surface area contributed by atoms with E-state index in [1.165, 1.54) is 40.9 Å². The number of nitrogens with zero attached hydrogens (tertiary/aromatic N) is 2. The molecule has 2 atom stereocenters. The van der Waals surface area contributed by atoms with Crippen molar-refractivity contribution in [1.29, 1.82) is 0 Å². The van der Waals surface area contributed by atoms with Gasteiger partial charge in [0, 0.05) is 37.5 Å². The summed E-state index contributed by atoms with van der Waals surface area (Å²) in [7, 11) is 0. The van der Waals surface area contributed by atoms with Gasteiger partial charge in [0.1, 0.15) is 24.1 Å². The van der Waals surface area contributed by atoms with E-state index < -0.39 is 35.8 Å². The second-order valence-electron chi connectivity index (χ2n) is 8.06. The summed E-state index contributed by atoms with van der Waals surface area (Å²) in [4.78, 5) is 64.5. The Morgan fingerprint density at radius 2 is 1.94 bits per heavy atom. The van der Waals surface area contributed by atoms with E-state index in [0.29, 0.717) is 23.6 Å². The van der Waals surface area contributed by atoms with Crippen LogP contribution >= 0.6 is 11.8 Å². The standard InChI is InChI=1S/C22H25N5O7S/c1-2-26-7-8-27(20(31)19(26)30)22(33)25-16(12-3-5-14(28)6-4-12)18(29)23-9-15-24-17-13(11-35-15)10-34-21(17)32/h3-6,15-16,24,28H,2,7-11H2,1H3,(H,23,29)(H,25,33)/t15-,16-/m1/s1. The van der Waals surface area contributed by atoms with E-state index in [1.54, 1.807) is 6.92 Å². The van der Waals surface area contributed by atoms with Crippen molar-refractivity contribution in [2.75, 3.05) is 38.5 Å². The summed E-state index contributed by atoms with van der Waals surface area (Å²) in [5.74, 6) is -2.16. The minimum Gasteiger partial charge on any atom is -0.508 e. The highest BCUT2D eigenvalue weighted by atomic mass is 32.2. The number of amides is 5. The van der Waals surface area contributed by atoms with Gasteiger partial charge in [-0.15, -0.1) is 11.8 Å². The molecule has 0 radical (unpaired) electrons. The molecule has 3 aliphatic rings. The largest absolute Gasteiger partial charge is 0.508 e. The van der Waals surface area contributed by atoms with E-state index in [-0.39, 0.29) is 37.4 Å². The van der Waals surface area contributed by atoms with Crippen LogP contribution < -0.4 is 16.0 Å². The molecule has 0 spiro atoms. The van der Waals surface area contributed by atoms with Gasteiger partial charge >= 0.3 is 23.8 Å². The minimum absolute atomic E-state index is 0.00431. The van der Waals surface area contributed by atoms with Crippen molar-refractivity contribution in [3.05, 3.63) is 41.1 Å². The number of nitrogens with one attached hydrogen (secondary N) is 3. The zero-order valence-electron chi connectivity index (χ0n) is 18.9. The van der Waals surface area contributed by atoms with Crippen LogP contribution in [0.4, 0.5) is 4.79 Å². The first-order valence-corrected chi connectivity index (χ1v) is 12.1. The summed E-state index contributed by atoms with van der Waals surface area (Å²) in [6.07, 6.45) is 0.